The Bertz CT molecular complexity index is 1530. The van der Waals surface area contributed by atoms with E-state index in [-0.39, 0.29) is 12.1 Å². The number of carbonyl (C=O) groups is 2. The quantitative estimate of drug-likeness (QED) is 0.282. The molecular formula is C32H29N5O2S2. The molecule has 1 N–H and O–H groups in total. The molecule has 3 aliphatic heterocycles. The largest absolute Gasteiger partial charge is 0.336 e. The molecule has 7 nitrogen and oxygen atoms in total. The fraction of sp³-hybridized carbons (Fsp3) is 0.188. The summed E-state index contributed by atoms with van der Waals surface area (Å²) in [5, 5.41) is 3.13. The van der Waals surface area contributed by atoms with E-state index in [1.807, 2.05) is 82.6 Å². The molecule has 0 spiro atoms. The number of nitrogens with one attached hydrogen (secondary N) is 1. The average Bonchev–Trinajstić information content (AvgIpc) is 3.02. The number of nitrogens with zero attached hydrogens (tertiary/aromatic N) is 4. The van der Waals surface area contributed by atoms with Crippen molar-refractivity contribution in [1.29, 1.82) is 0 Å². The van der Waals surface area contributed by atoms with E-state index < -0.39 is 0 Å². The zero-order chi connectivity index (χ0) is 27.8. The molecule has 0 aromatic heterocycles. The summed E-state index contributed by atoms with van der Waals surface area (Å²) in [6, 6.07) is 32.1. The fourth-order valence-electron chi connectivity index (χ4n) is 5.54. The topological polar surface area (TPSA) is 59.1 Å². The van der Waals surface area contributed by atoms with Crippen molar-refractivity contribution in [2.45, 2.75) is 19.6 Å². The van der Waals surface area contributed by atoms with Gasteiger partial charge in [0, 0.05) is 58.9 Å². The third-order valence-corrected chi connectivity index (χ3v) is 9.87. The van der Waals surface area contributed by atoms with Crippen LogP contribution < -0.4 is 15.1 Å². The van der Waals surface area contributed by atoms with Crippen LogP contribution in [-0.4, -0.2) is 61.1 Å². The molecule has 0 saturated carbocycles. The number of rotatable bonds is 3. The maximum absolute atomic E-state index is 13.8. The second kappa shape index (κ2) is 11.2. The summed E-state index contributed by atoms with van der Waals surface area (Å²) < 4.78 is 0. The first kappa shape index (κ1) is 26.0. The summed E-state index contributed by atoms with van der Waals surface area (Å²) in [5.74, 6) is 0. The lowest BCUT2D eigenvalue weighted by Gasteiger charge is -2.39. The molecule has 0 unspecified atom stereocenters. The predicted molar refractivity (Wildman–Crippen MR) is 165 cm³/mol. The molecule has 4 aromatic rings. The molecule has 1 fully saturated rings. The number of piperazine rings is 1. The first-order valence-electron chi connectivity index (χ1n) is 13.8. The number of anilines is 4. The van der Waals surface area contributed by atoms with E-state index >= 15 is 0 Å². The summed E-state index contributed by atoms with van der Waals surface area (Å²) in [7, 11) is 0. The van der Waals surface area contributed by atoms with Gasteiger partial charge in [-0.05, 0) is 48.5 Å². The fourth-order valence-corrected chi connectivity index (χ4v) is 7.65. The molecule has 0 atom stereocenters. The Balaban J connectivity index is 0.975. The summed E-state index contributed by atoms with van der Waals surface area (Å²) >= 11 is 3.39. The first-order valence-corrected chi connectivity index (χ1v) is 15.4. The summed E-state index contributed by atoms with van der Waals surface area (Å²) in [5.41, 5.74) is 3.68. The van der Waals surface area contributed by atoms with Gasteiger partial charge in [-0.1, -0.05) is 72.1 Å². The molecule has 0 aliphatic carbocycles. The number of para-hydroxylation sites is 4. The summed E-state index contributed by atoms with van der Waals surface area (Å²) in [6.45, 7) is 4.07. The molecule has 1 saturated heterocycles. The molecule has 4 amide bonds. The maximum atomic E-state index is 13.8. The number of hydrogen-bond acceptors (Lipinski definition) is 5. The Morgan fingerprint density at radius 2 is 1.00 bits per heavy atom. The van der Waals surface area contributed by atoms with Crippen molar-refractivity contribution in [3.8, 4) is 0 Å². The monoisotopic (exact) mass is 579 g/mol. The van der Waals surface area contributed by atoms with Crippen molar-refractivity contribution in [1.82, 2.24) is 15.1 Å². The van der Waals surface area contributed by atoms with Crippen molar-refractivity contribution >= 4 is 58.3 Å². The van der Waals surface area contributed by atoms with E-state index in [1.54, 1.807) is 28.4 Å². The number of urea groups is 2. The first-order chi connectivity index (χ1) is 20.2. The highest BCUT2D eigenvalue weighted by atomic mass is 32.2. The Morgan fingerprint density at radius 3 is 1.46 bits per heavy atom. The molecule has 9 heteroatoms. The molecule has 3 aliphatic rings. The van der Waals surface area contributed by atoms with E-state index in [1.165, 1.54) is 0 Å². The van der Waals surface area contributed by atoms with Crippen LogP contribution in [0.1, 0.15) is 0 Å². The van der Waals surface area contributed by atoms with Crippen LogP contribution in [0.5, 0.6) is 0 Å². The molecule has 4 aromatic carbocycles. The van der Waals surface area contributed by atoms with Crippen LogP contribution in [0.3, 0.4) is 0 Å². The zero-order valence-electron chi connectivity index (χ0n) is 22.4. The number of amides is 4. The van der Waals surface area contributed by atoms with Crippen molar-refractivity contribution in [3.63, 3.8) is 0 Å². The Morgan fingerprint density at radius 1 is 0.585 bits per heavy atom. The van der Waals surface area contributed by atoms with E-state index in [9.17, 15) is 9.59 Å². The molecule has 0 radical (unpaired) electrons. The summed E-state index contributed by atoms with van der Waals surface area (Å²) in [6.07, 6.45) is 0. The highest BCUT2D eigenvalue weighted by Gasteiger charge is 2.33. The van der Waals surface area contributed by atoms with Gasteiger partial charge in [0.25, 0.3) is 0 Å². The lowest BCUT2D eigenvalue weighted by molar-refractivity contribution is 0.145. The second-order valence-corrected chi connectivity index (χ2v) is 12.3. The van der Waals surface area contributed by atoms with Crippen LogP contribution in [-0.2, 0) is 0 Å². The lowest BCUT2D eigenvalue weighted by Crippen LogP contribution is -2.53. The van der Waals surface area contributed by atoms with Gasteiger partial charge in [0.1, 0.15) is 0 Å². The van der Waals surface area contributed by atoms with Crippen LogP contribution in [0.4, 0.5) is 32.3 Å². The number of fused-ring (bicyclic) bond motifs is 4. The molecule has 7 rings (SSSR count). The van der Waals surface area contributed by atoms with Gasteiger partial charge in [0.05, 0.1) is 22.7 Å². The van der Waals surface area contributed by atoms with Gasteiger partial charge in [-0.3, -0.25) is 14.7 Å². The minimum atomic E-state index is -0.126. The van der Waals surface area contributed by atoms with E-state index in [0.717, 1.165) is 62.0 Å². The Labute approximate surface area is 248 Å². The van der Waals surface area contributed by atoms with Gasteiger partial charge in [-0.2, -0.15) is 0 Å². The van der Waals surface area contributed by atoms with Crippen molar-refractivity contribution < 1.29 is 9.59 Å². The molecule has 206 valence electrons. The third kappa shape index (κ3) is 4.94. The van der Waals surface area contributed by atoms with Crippen LogP contribution in [0.25, 0.3) is 0 Å². The van der Waals surface area contributed by atoms with Gasteiger partial charge in [-0.25, -0.2) is 9.59 Å². The highest BCUT2D eigenvalue weighted by molar-refractivity contribution is 8.00. The van der Waals surface area contributed by atoms with E-state index in [0.29, 0.717) is 19.6 Å². The Kier molecular flexibility index (Phi) is 7.08. The molecule has 41 heavy (non-hydrogen) atoms. The smallest absolute Gasteiger partial charge is 0.329 e. The van der Waals surface area contributed by atoms with Gasteiger partial charge < -0.3 is 10.2 Å². The van der Waals surface area contributed by atoms with Gasteiger partial charge >= 0.3 is 12.1 Å². The van der Waals surface area contributed by atoms with Gasteiger partial charge in [0.2, 0.25) is 0 Å². The normalized spacial score (nSPS) is 15.9. The van der Waals surface area contributed by atoms with Gasteiger partial charge in [-0.15, -0.1) is 0 Å². The number of benzene rings is 4. The van der Waals surface area contributed by atoms with Crippen LogP contribution in [0.15, 0.2) is 117 Å². The van der Waals surface area contributed by atoms with E-state index in [4.69, 9.17) is 0 Å². The SMILES string of the molecule is O=C(NCCN1CCN(C(=O)N2c3ccccc3Sc3ccccc32)CC1)N1c2ccccc2Sc2ccccc21. The minimum absolute atomic E-state index is 0.0125. The molecule has 3 heterocycles. The van der Waals surface area contributed by atoms with Crippen LogP contribution >= 0.6 is 23.5 Å². The van der Waals surface area contributed by atoms with Crippen molar-refractivity contribution in [3.05, 3.63) is 97.1 Å². The average molecular weight is 580 g/mol. The molecule has 0 bridgehead atoms. The summed E-state index contributed by atoms with van der Waals surface area (Å²) in [4.78, 5) is 39.5. The highest BCUT2D eigenvalue weighted by Crippen LogP contribution is 2.49. The lowest BCUT2D eigenvalue weighted by atomic mass is 10.2. The van der Waals surface area contributed by atoms with E-state index in [2.05, 4.69) is 34.5 Å². The van der Waals surface area contributed by atoms with Crippen LogP contribution in [0.2, 0.25) is 0 Å². The zero-order valence-corrected chi connectivity index (χ0v) is 24.0. The minimum Gasteiger partial charge on any atom is -0.336 e. The van der Waals surface area contributed by atoms with Gasteiger partial charge in [0.15, 0.2) is 0 Å². The number of hydrogen-bond donors (Lipinski definition) is 1. The second-order valence-electron chi connectivity index (χ2n) is 10.1. The number of carbonyl (C=O) groups excluding carboxylic acids is 2. The van der Waals surface area contributed by atoms with Crippen LogP contribution in [0, 0.1) is 0 Å². The third-order valence-electron chi connectivity index (χ3n) is 7.61. The Hall–Kier alpha value is -3.92. The molecular weight excluding hydrogens is 551 g/mol. The predicted octanol–water partition coefficient (Wildman–Crippen LogP) is 7.04. The van der Waals surface area contributed by atoms with Crippen molar-refractivity contribution in [2.24, 2.45) is 0 Å². The standard InChI is InChI=1S/C32H29N5O2S2/c38-31(36-23-9-1-5-13-27(23)40-28-14-6-2-10-24(28)36)33-17-18-34-19-21-35(22-20-34)32(39)37-25-11-3-7-15-29(25)41-30-16-8-4-12-26(30)37/h1-16H,17-22H2,(H,33,38). The maximum Gasteiger partial charge on any atom is 0.329 e. The van der Waals surface area contributed by atoms with Crippen molar-refractivity contribution in [2.75, 3.05) is 49.1 Å².